The number of amides is 4. The lowest BCUT2D eigenvalue weighted by Gasteiger charge is -2.49. The van der Waals surface area contributed by atoms with Crippen molar-refractivity contribution >= 4 is 18.0 Å². The molecule has 0 radical (unpaired) electrons. The van der Waals surface area contributed by atoms with Crippen LogP contribution in [0.25, 0.3) is 0 Å². The van der Waals surface area contributed by atoms with E-state index in [4.69, 9.17) is 15.2 Å². The van der Waals surface area contributed by atoms with E-state index in [0.717, 1.165) is 44.9 Å². The van der Waals surface area contributed by atoms with Crippen LogP contribution in [0, 0.1) is 0 Å². The van der Waals surface area contributed by atoms with Crippen LogP contribution in [0.5, 0.6) is 0 Å². The number of nitrogens with one attached hydrogen (secondary N) is 1. The Morgan fingerprint density at radius 3 is 1.55 bits per heavy atom. The van der Waals surface area contributed by atoms with Crippen molar-refractivity contribution < 1.29 is 39.2 Å². The predicted octanol–water partition coefficient (Wildman–Crippen LogP) is 10.3. The van der Waals surface area contributed by atoms with Crippen molar-refractivity contribution in [3.05, 3.63) is 35.9 Å². The van der Waals surface area contributed by atoms with Crippen LogP contribution >= 0.6 is 0 Å². The number of carbonyl (C=O) groups is 3. The summed E-state index contributed by atoms with van der Waals surface area (Å²) in [5, 5.41) is 36.0. The summed E-state index contributed by atoms with van der Waals surface area (Å²) in [4.78, 5) is 43.8. The smallest absolute Gasteiger partial charge is 0.417 e. The van der Waals surface area contributed by atoms with E-state index in [9.17, 15) is 29.7 Å². The van der Waals surface area contributed by atoms with Crippen molar-refractivity contribution in [3.63, 3.8) is 0 Å². The molecule has 1 fully saturated rings. The Labute approximate surface area is 376 Å². The van der Waals surface area contributed by atoms with E-state index in [1.807, 2.05) is 6.07 Å². The minimum Gasteiger partial charge on any atom is -0.444 e. The Morgan fingerprint density at radius 1 is 0.677 bits per heavy atom. The molecular formula is C50H90N4O8. The van der Waals surface area contributed by atoms with E-state index in [-0.39, 0.29) is 13.2 Å². The van der Waals surface area contributed by atoms with E-state index >= 15 is 0 Å². The van der Waals surface area contributed by atoms with Crippen LogP contribution in [-0.4, -0.2) is 99.5 Å². The minimum absolute atomic E-state index is 0.166. The molecule has 1 aliphatic heterocycles. The molecule has 1 saturated heterocycles. The molecule has 62 heavy (non-hydrogen) atoms. The summed E-state index contributed by atoms with van der Waals surface area (Å²) in [6.07, 6.45) is 26.3. The summed E-state index contributed by atoms with van der Waals surface area (Å²) >= 11 is 0. The highest BCUT2D eigenvalue weighted by Gasteiger charge is 2.53. The maximum absolute atomic E-state index is 14.2. The largest absolute Gasteiger partial charge is 0.444 e. The fourth-order valence-electron chi connectivity index (χ4n) is 8.42. The number of hydrogen-bond acceptors (Lipinski definition) is 9. The number of imide groups is 1. The zero-order chi connectivity index (χ0) is 45.2. The van der Waals surface area contributed by atoms with Gasteiger partial charge in [0.1, 0.15) is 31.0 Å². The highest BCUT2D eigenvalue weighted by Crippen LogP contribution is 2.30. The van der Waals surface area contributed by atoms with Gasteiger partial charge in [-0.2, -0.15) is 0 Å². The molecule has 0 spiro atoms. The summed E-state index contributed by atoms with van der Waals surface area (Å²) in [5.41, 5.74) is 6.73. The van der Waals surface area contributed by atoms with Gasteiger partial charge >= 0.3 is 12.1 Å². The van der Waals surface area contributed by atoms with E-state index in [0.29, 0.717) is 23.4 Å². The van der Waals surface area contributed by atoms with E-state index in [2.05, 4.69) is 19.2 Å². The van der Waals surface area contributed by atoms with Gasteiger partial charge in [-0.3, -0.25) is 9.69 Å². The third-order valence-electron chi connectivity index (χ3n) is 12.3. The van der Waals surface area contributed by atoms with Crippen LogP contribution in [0.4, 0.5) is 9.59 Å². The van der Waals surface area contributed by atoms with Crippen LogP contribution in [0.15, 0.2) is 30.3 Å². The topological polar surface area (TPSA) is 175 Å². The molecule has 0 unspecified atom stereocenters. The number of urea groups is 1. The number of benzene rings is 1. The number of nitrogens with zero attached hydrogens (tertiary/aromatic N) is 2. The third kappa shape index (κ3) is 22.7. The standard InChI is InChI=1S/C50H90N4O8/c1-4-6-8-10-12-14-16-18-19-20-21-23-25-27-29-34-38-53(49(59)52-37-33-28-26-24-22-17-15-13-11-9-7-5-2)48-44(46(57)45(56)43(39-55)62-48)54(47(58)41(3)51)50(60)61-40-42-35-31-30-32-36-42/h30-32,35-36,41,43-46,48,55-57H,4-29,33-34,37-40,51H2,1-3H3,(H,52,59)/t41-,43+,44+,45+,46+,48+/m0/s1. The summed E-state index contributed by atoms with van der Waals surface area (Å²) in [5.74, 6) is -0.866. The molecule has 0 bridgehead atoms. The number of hydrogen-bond donors (Lipinski definition) is 5. The zero-order valence-corrected chi connectivity index (χ0v) is 39.3. The van der Waals surface area contributed by atoms with Gasteiger partial charge in [0.05, 0.1) is 12.6 Å². The molecule has 6 atom stereocenters. The fraction of sp³-hybridized carbons (Fsp3) is 0.820. The monoisotopic (exact) mass is 875 g/mol. The first kappa shape index (κ1) is 55.4. The summed E-state index contributed by atoms with van der Waals surface area (Å²) in [6.45, 7) is 5.70. The summed E-state index contributed by atoms with van der Waals surface area (Å²) in [6, 6.07) is 5.71. The fourth-order valence-corrected chi connectivity index (χ4v) is 8.42. The molecule has 4 amide bonds. The van der Waals surface area contributed by atoms with Crippen molar-refractivity contribution in [2.45, 2.75) is 244 Å². The van der Waals surface area contributed by atoms with Crippen LogP contribution in [0.3, 0.4) is 0 Å². The van der Waals surface area contributed by atoms with Gasteiger partial charge in [-0.1, -0.05) is 211 Å². The molecule has 1 aromatic rings. The first-order valence-electron chi connectivity index (χ1n) is 25.1. The number of nitrogens with two attached hydrogens (primary N) is 1. The van der Waals surface area contributed by atoms with Crippen molar-refractivity contribution in [2.24, 2.45) is 5.73 Å². The number of aliphatic hydroxyl groups is 3. The molecule has 12 nitrogen and oxygen atoms in total. The number of aliphatic hydroxyl groups excluding tert-OH is 3. The zero-order valence-electron chi connectivity index (χ0n) is 39.3. The van der Waals surface area contributed by atoms with Gasteiger partial charge in [0, 0.05) is 13.1 Å². The Kier molecular flexibility index (Phi) is 31.8. The van der Waals surface area contributed by atoms with E-state index in [1.165, 1.54) is 140 Å². The van der Waals surface area contributed by atoms with Crippen molar-refractivity contribution in [3.8, 4) is 0 Å². The highest BCUT2D eigenvalue weighted by molar-refractivity contribution is 5.95. The Balaban J connectivity index is 2.08. The third-order valence-corrected chi connectivity index (χ3v) is 12.3. The lowest BCUT2D eigenvalue weighted by Crippen LogP contribution is -2.71. The molecule has 12 heteroatoms. The van der Waals surface area contributed by atoms with Crippen LogP contribution in [0.1, 0.15) is 206 Å². The Bertz CT molecular complexity index is 1270. The number of unbranched alkanes of at least 4 members (excludes halogenated alkanes) is 26. The molecule has 1 aliphatic rings. The average Bonchev–Trinajstić information content (AvgIpc) is 3.27. The molecule has 1 aromatic carbocycles. The normalized spacial score (nSPS) is 19.2. The van der Waals surface area contributed by atoms with Crippen LogP contribution < -0.4 is 11.1 Å². The molecular weight excluding hydrogens is 785 g/mol. The quantitative estimate of drug-likeness (QED) is 0.0411. The second kappa shape index (κ2) is 35.6. The lowest BCUT2D eigenvalue weighted by molar-refractivity contribution is -0.238. The predicted molar refractivity (Wildman–Crippen MR) is 249 cm³/mol. The molecule has 2 rings (SSSR count). The molecule has 0 saturated carbocycles. The van der Waals surface area contributed by atoms with Gasteiger partial charge in [0.2, 0.25) is 5.91 Å². The van der Waals surface area contributed by atoms with Gasteiger partial charge in [0.25, 0.3) is 0 Å². The summed E-state index contributed by atoms with van der Waals surface area (Å²) < 4.78 is 11.8. The second-order valence-electron chi connectivity index (χ2n) is 17.9. The van der Waals surface area contributed by atoms with Gasteiger partial charge in [0.15, 0.2) is 6.23 Å². The molecule has 358 valence electrons. The van der Waals surface area contributed by atoms with Gasteiger partial charge in [-0.25, -0.2) is 14.5 Å². The SMILES string of the molecule is CCCCCCCCCCCCCCCCCCN(C(=O)NCCCCCCCCCCCCCC)[C@@H]1O[C@H](CO)[C@@H](O)[C@H](O)[C@H]1N(C(=O)OCc1ccccc1)C(=O)[C@H](C)N. The molecule has 0 aliphatic carbocycles. The molecule has 6 N–H and O–H groups in total. The first-order valence-corrected chi connectivity index (χ1v) is 25.1. The minimum atomic E-state index is -1.78. The lowest BCUT2D eigenvalue weighted by atomic mass is 9.93. The van der Waals surface area contributed by atoms with Gasteiger partial charge in [-0.05, 0) is 25.3 Å². The van der Waals surface area contributed by atoms with Crippen LogP contribution in [-0.2, 0) is 20.9 Å². The Morgan fingerprint density at radius 2 is 1.11 bits per heavy atom. The van der Waals surface area contributed by atoms with Crippen molar-refractivity contribution in [2.75, 3.05) is 19.7 Å². The van der Waals surface area contributed by atoms with E-state index < -0.39 is 61.3 Å². The number of carbonyl (C=O) groups excluding carboxylic acids is 3. The maximum atomic E-state index is 14.2. The van der Waals surface area contributed by atoms with Crippen molar-refractivity contribution in [1.29, 1.82) is 0 Å². The maximum Gasteiger partial charge on any atom is 0.417 e. The number of ether oxygens (including phenoxy) is 2. The van der Waals surface area contributed by atoms with E-state index in [1.54, 1.807) is 24.3 Å². The molecule has 0 aromatic heterocycles. The van der Waals surface area contributed by atoms with Crippen molar-refractivity contribution in [1.82, 2.24) is 15.1 Å². The Hall–Kier alpha value is -2.77. The summed E-state index contributed by atoms with van der Waals surface area (Å²) in [7, 11) is 0. The van der Waals surface area contributed by atoms with Crippen LogP contribution in [0.2, 0.25) is 0 Å². The first-order chi connectivity index (χ1) is 30.2. The van der Waals surface area contributed by atoms with Gasteiger partial charge in [-0.15, -0.1) is 0 Å². The number of rotatable bonds is 36. The second-order valence-corrected chi connectivity index (χ2v) is 17.9. The highest BCUT2D eigenvalue weighted by atomic mass is 16.6. The molecule has 1 heterocycles. The van der Waals surface area contributed by atoms with Gasteiger partial charge < -0.3 is 35.8 Å². The average molecular weight is 875 g/mol.